The molecule has 0 aromatic rings. The van der Waals surface area contributed by atoms with Gasteiger partial charge in [-0.25, -0.2) is 0 Å². The number of alkyl halides is 1. The third kappa shape index (κ3) is 6.38. The van der Waals surface area contributed by atoms with Crippen LogP contribution in [0.4, 0.5) is 0 Å². The van der Waals surface area contributed by atoms with Gasteiger partial charge in [0.25, 0.3) is 0 Å². The number of hydrogen-bond acceptors (Lipinski definition) is 2. The lowest BCUT2D eigenvalue weighted by Gasteiger charge is -2.18. The van der Waals surface area contributed by atoms with E-state index < -0.39 is 0 Å². The molecule has 0 aromatic heterocycles. The van der Waals surface area contributed by atoms with Gasteiger partial charge in [0.15, 0.2) is 0 Å². The van der Waals surface area contributed by atoms with E-state index in [4.69, 9.17) is 4.74 Å². The molecule has 0 rings (SSSR count). The molecule has 84 valence electrons. The Balaban J connectivity index is 3.59. The molecule has 14 heavy (non-hydrogen) atoms. The van der Waals surface area contributed by atoms with Gasteiger partial charge in [-0.3, -0.25) is 4.79 Å². The van der Waals surface area contributed by atoms with Gasteiger partial charge in [0, 0.05) is 23.9 Å². The molecule has 0 bridgehead atoms. The first-order valence-electron chi connectivity index (χ1n) is 4.79. The molecule has 1 N–H and O–H groups in total. The molecule has 0 fully saturated rings. The number of rotatable bonds is 5. The first-order chi connectivity index (χ1) is 6.38. The van der Waals surface area contributed by atoms with Crippen LogP contribution in [0, 0.1) is 5.41 Å². The Morgan fingerprint density at radius 2 is 2.07 bits per heavy atom. The number of amides is 1. The van der Waals surface area contributed by atoms with E-state index in [0.29, 0.717) is 18.0 Å². The minimum atomic E-state index is -0.303. The van der Waals surface area contributed by atoms with Gasteiger partial charge >= 0.3 is 0 Å². The summed E-state index contributed by atoms with van der Waals surface area (Å²) in [6.45, 7) is 7.08. The number of ether oxygens (including phenoxy) is 1. The van der Waals surface area contributed by atoms with Gasteiger partial charge in [-0.1, -0.05) is 36.7 Å². The molecule has 0 heterocycles. The van der Waals surface area contributed by atoms with Crippen molar-refractivity contribution in [3.63, 3.8) is 0 Å². The van der Waals surface area contributed by atoms with Crippen LogP contribution in [0.5, 0.6) is 0 Å². The van der Waals surface area contributed by atoms with Crippen LogP contribution in [0.2, 0.25) is 0 Å². The number of carbonyl (C=O) groups is 1. The van der Waals surface area contributed by atoms with E-state index in [1.807, 2.05) is 20.8 Å². The van der Waals surface area contributed by atoms with Gasteiger partial charge in [-0.05, 0) is 6.42 Å². The molecule has 0 aliphatic carbocycles. The monoisotopic (exact) mass is 265 g/mol. The molecule has 1 amide bonds. The topological polar surface area (TPSA) is 38.3 Å². The van der Waals surface area contributed by atoms with Crippen LogP contribution in [-0.4, -0.2) is 31.0 Å². The van der Waals surface area contributed by atoms with Crippen LogP contribution in [0.3, 0.4) is 0 Å². The molecule has 0 aliphatic heterocycles. The maximum absolute atomic E-state index is 11.4. The largest absolute Gasteiger partial charge is 0.384 e. The fourth-order valence-electron chi connectivity index (χ4n) is 0.872. The summed E-state index contributed by atoms with van der Waals surface area (Å²) >= 11 is 3.46. The first-order valence-corrected chi connectivity index (χ1v) is 5.70. The Morgan fingerprint density at radius 3 is 2.50 bits per heavy atom. The van der Waals surface area contributed by atoms with E-state index in [9.17, 15) is 4.79 Å². The third-order valence-electron chi connectivity index (χ3n) is 1.77. The summed E-state index contributed by atoms with van der Waals surface area (Å²) in [6, 6.07) is 0. The van der Waals surface area contributed by atoms with Gasteiger partial charge in [0.2, 0.25) is 5.91 Å². The van der Waals surface area contributed by atoms with Crippen molar-refractivity contribution in [2.45, 2.75) is 32.0 Å². The summed E-state index contributed by atoms with van der Waals surface area (Å²) in [5.41, 5.74) is -0.303. The molecule has 0 radical (unpaired) electrons. The summed E-state index contributed by atoms with van der Waals surface area (Å²) in [6.07, 6.45) is 0.885. The summed E-state index contributed by atoms with van der Waals surface area (Å²) in [7, 11) is 1.67. The standard InChI is InChI=1S/C10H20BrNO2/c1-10(2,3)9(13)12-6-5-8(11)7-14-4/h8H,5-7H2,1-4H3,(H,12,13). The number of halogens is 1. The lowest BCUT2D eigenvalue weighted by molar-refractivity contribution is -0.128. The van der Waals surface area contributed by atoms with Crippen LogP contribution in [-0.2, 0) is 9.53 Å². The van der Waals surface area contributed by atoms with Crippen LogP contribution < -0.4 is 5.32 Å². The molecule has 0 aromatic carbocycles. The molecule has 0 spiro atoms. The van der Waals surface area contributed by atoms with E-state index >= 15 is 0 Å². The van der Waals surface area contributed by atoms with Crippen LogP contribution >= 0.6 is 15.9 Å². The highest BCUT2D eigenvalue weighted by molar-refractivity contribution is 9.09. The molecule has 1 atom stereocenters. The van der Waals surface area contributed by atoms with Gasteiger partial charge in [-0.2, -0.15) is 0 Å². The Hall–Kier alpha value is -0.0900. The molecule has 3 nitrogen and oxygen atoms in total. The number of methoxy groups -OCH3 is 1. The van der Waals surface area contributed by atoms with Crippen LogP contribution in [0.1, 0.15) is 27.2 Å². The quantitative estimate of drug-likeness (QED) is 0.772. The molecular formula is C10H20BrNO2. The SMILES string of the molecule is COCC(Br)CCNC(=O)C(C)(C)C. The smallest absolute Gasteiger partial charge is 0.225 e. The van der Waals surface area contributed by atoms with Gasteiger partial charge in [-0.15, -0.1) is 0 Å². The number of carbonyl (C=O) groups excluding carboxylic acids is 1. The van der Waals surface area contributed by atoms with Crippen molar-refractivity contribution in [3.8, 4) is 0 Å². The number of hydrogen-bond donors (Lipinski definition) is 1. The average Bonchev–Trinajstić information content (AvgIpc) is 2.02. The number of nitrogens with one attached hydrogen (secondary N) is 1. The van der Waals surface area contributed by atoms with Crippen molar-refractivity contribution in [2.75, 3.05) is 20.3 Å². The Labute approximate surface area is 94.7 Å². The molecule has 0 saturated heterocycles. The average molecular weight is 266 g/mol. The third-order valence-corrected chi connectivity index (χ3v) is 2.49. The van der Waals surface area contributed by atoms with Crippen molar-refractivity contribution in [1.29, 1.82) is 0 Å². The Bertz CT molecular complexity index is 177. The predicted molar refractivity (Wildman–Crippen MR) is 61.7 cm³/mol. The highest BCUT2D eigenvalue weighted by Crippen LogP contribution is 2.12. The highest BCUT2D eigenvalue weighted by Gasteiger charge is 2.20. The second-order valence-corrected chi connectivity index (χ2v) is 5.64. The minimum absolute atomic E-state index is 0.0922. The second kappa shape index (κ2) is 6.40. The van der Waals surface area contributed by atoms with E-state index in [1.165, 1.54) is 0 Å². The zero-order chi connectivity index (χ0) is 11.2. The van der Waals surface area contributed by atoms with Crippen molar-refractivity contribution in [2.24, 2.45) is 5.41 Å². The van der Waals surface area contributed by atoms with Crippen LogP contribution in [0.15, 0.2) is 0 Å². The maximum Gasteiger partial charge on any atom is 0.225 e. The molecule has 0 aliphatic rings. The van der Waals surface area contributed by atoms with E-state index in [0.717, 1.165) is 6.42 Å². The predicted octanol–water partition coefficient (Wildman–Crippen LogP) is 1.95. The maximum atomic E-state index is 11.4. The second-order valence-electron chi connectivity index (χ2n) is 4.35. The van der Waals surface area contributed by atoms with Crippen molar-refractivity contribution < 1.29 is 9.53 Å². The van der Waals surface area contributed by atoms with E-state index in [1.54, 1.807) is 7.11 Å². The molecule has 1 unspecified atom stereocenters. The molecule has 0 saturated carbocycles. The Kier molecular flexibility index (Phi) is 6.36. The van der Waals surface area contributed by atoms with E-state index in [2.05, 4.69) is 21.2 Å². The Morgan fingerprint density at radius 1 is 1.50 bits per heavy atom. The fourth-order valence-corrected chi connectivity index (χ4v) is 1.36. The zero-order valence-corrected chi connectivity index (χ0v) is 11.0. The lowest BCUT2D eigenvalue weighted by Crippen LogP contribution is -2.36. The fraction of sp³-hybridized carbons (Fsp3) is 0.900. The van der Waals surface area contributed by atoms with Crippen LogP contribution in [0.25, 0.3) is 0 Å². The van der Waals surface area contributed by atoms with Gasteiger partial charge in [0.1, 0.15) is 0 Å². The normalized spacial score (nSPS) is 13.8. The molecular weight excluding hydrogens is 246 g/mol. The molecule has 4 heteroatoms. The zero-order valence-electron chi connectivity index (χ0n) is 9.39. The minimum Gasteiger partial charge on any atom is -0.384 e. The van der Waals surface area contributed by atoms with Gasteiger partial charge < -0.3 is 10.1 Å². The van der Waals surface area contributed by atoms with E-state index in [-0.39, 0.29) is 11.3 Å². The summed E-state index contributed by atoms with van der Waals surface area (Å²) < 4.78 is 4.97. The summed E-state index contributed by atoms with van der Waals surface area (Å²) in [5.74, 6) is 0.0922. The summed E-state index contributed by atoms with van der Waals surface area (Å²) in [5, 5.41) is 2.89. The lowest BCUT2D eigenvalue weighted by atomic mass is 9.96. The first kappa shape index (κ1) is 13.9. The van der Waals surface area contributed by atoms with Gasteiger partial charge in [0.05, 0.1) is 6.61 Å². The summed E-state index contributed by atoms with van der Waals surface area (Å²) in [4.78, 5) is 11.8. The van der Waals surface area contributed by atoms with Crippen molar-refractivity contribution >= 4 is 21.8 Å². The highest BCUT2D eigenvalue weighted by atomic mass is 79.9. The van der Waals surface area contributed by atoms with Crippen molar-refractivity contribution in [1.82, 2.24) is 5.32 Å². The van der Waals surface area contributed by atoms with Crippen molar-refractivity contribution in [3.05, 3.63) is 0 Å².